The average Bonchev–Trinajstić information content (AvgIpc) is 3.22. The summed E-state index contributed by atoms with van der Waals surface area (Å²) in [6, 6.07) is 0. The first-order valence-corrected chi connectivity index (χ1v) is 9.34. The Kier molecular flexibility index (Phi) is 4.08. The summed E-state index contributed by atoms with van der Waals surface area (Å²) in [4.78, 5) is 29.6. The molecule has 1 unspecified atom stereocenters. The van der Waals surface area contributed by atoms with Crippen LogP contribution in [0.1, 0.15) is 44.9 Å². The lowest BCUT2D eigenvalue weighted by molar-refractivity contribution is -0.153. The minimum atomic E-state index is -0.171. The fraction of sp³-hybridized carbons (Fsp3) is 0.889. The number of ether oxygens (including phenoxy) is 1. The van der Waals surface area contributed by atoms with Crippen LogP contribution in [0.3, 0.4) is 0 Å². The summed E-state index contributed by atoms with van der Waals surface area (Å²) in [6.45, 7) is 4.70. The monoisotopic (exact) mass is 320 g/mol. The van der Waals surface area contributed by atoms with E-state index in [1.54, 1.807) is 0 Å². The van der Waals surface area contributed by atoms with Crippen LogP contribution < -0.4 is 0 Å². The van der Waals surface area contributed by atoms with Gasteiger partial charge in [-0.3, -0.25) is 9.59 Å². The van der Waals surface area contributed by atoms with Crippen LogP contribution in [0.15, 0.2) is 0 Å². The Morgan fingerprint density at radius 3 is 2.57 bits per heavy atom. The van der Waals surface area contributed by atoms with Crippen LogP contribution in [-0.2, 0) is 14.3 Å². The van der Waals surface area contributed by atoms with Crippen LogP contribution in [0.2, 0.25) is 0 Å². The van der Waals surface area contributed by atoms with Gasteiger partial charge in [-0.1, -0.05) is 0 Å². The van der Waals surface area contributed by atoms with Gasteiger partial charge in [0.15, 0.2) is 0 Å². The fourth-order valence-electron chi connectivity index (χ4n) is 4.54. The lowest BCUT2D eigenvalue weighted by Gasteiger charge is -2.46. The van der Waals surface area contributed by atoms with E-state index in [0.717, 1.165) is 64.2 Å². The van der Waals surface area contributed by atoms with Crippen LogP contribution >= 0.6 is 0 Å². The zero-order chi connectivity index (χ0) is 15.9. The SMILES string of the molecule is O=C(C1CCOC1)N1CCC2(CCCN(CC3CC3)C2=O)CC1. The quantitative estimate of drug-likeness (QED) is 0.795. The summed E-state index contributed by atoms with van der Waals surface area (Å²) in [7, 11) is 0. The van der Waals surface area contributed by atoms with Crippen molar-refractivity contribution in [3.63, 3.8) is 0 Å². The van der Waals surface area contributed by atoms with Gasteiger partial charge in [-0.2, -0.15) is 0 Å². The third-order valence-corrected chi connectivity index (χ3v) is 6.31. The second kappa shape index (κ2) is 6.08. The van der Waals surface area contributed by atoms with Crippen LogP contribution in [0, 0.1) is 17.3 Å². The number of carbonyl (C=O) groups excluding carboxylic acids is 2. The molecule has 4 rings (SSSR count). The van der Waals surface area contributed by atoms with Crippen LogP contribution in [0.4, 0.5) is 0 Å². The molecular formula is C18H28N2O3. The molecule has 1 spiro atoms. The predicted octanol–water partition coefficient (Wildman–Crippen LogP) is 1.66. The maximum atomic E-state index is 13.0. The van der Waals surface area contributed by atoms with Crippen molar-refractivity contribution < 1.29 is 14.3 Å². The minimum Gasteiger partial charge on any atom is -0.381 e. The van der Waals surface area contributed by atoms with Crippen molar-refractivity contribution in [1.29, 1.82) is 0 Å². The first-order chi connectivity index (χ1) is 11.2. The molecular weight excluding hydrogens is 292 g/mol. The van der Waals surface area contributed by atoms with Crippen molar-refractivity contribution in [3.05, 3.63) is 0 Å². The van der Waals surface area contributed by atoms with E-state index >= 15 is 0 Å². The Bertz CT molecular complexity index is 475. The number of piperidine rings is 2. The molecule has 0 radical (unpaired) electrons. The number of hydrogen-bond donors (Lipinski definition) is 0. The third-order valence-electron chi connectivity index (χ3n) is 6.31. The van der Waals surface area contributed by atoms with Gasteiger partial charge in [-0.25, -0.2) is 0 Å². The zero-order valence-corrected chi connectivity index (χ0v) is 14.0. The molecule has 0 aromatic carbocycles. The van der Waals surface area contributed by atoms with Gasteiger partial charge in [0, 0.05) is 32.8 Å². The second-order valence-corrected chi connectivity index (χ2v) is 7.96. The van der Waals surface area contributed by atoms with Crippen molar-refractivity contribution in [1.82, 2.24) is 9.80 Å². The summed E-state index contributed by atoms with van der Waals surface area (Å²) >= 11 is 0. The van der Waals surface area contributed by atoms with E-state index in [1.807, 2.05) is 4.90 Å². The Morgan fingerprint density at radius 1 is 1.13 bits per heavy atom. The average molecular weight is 320 g/mol. The van der Waals surface area contributed by atoms with Crippen molar-refractivity contribution in [2.75, 3.05) is 39.4 Å². The van der Waals surface area contributed by atoms with Crippen molar-refractivity contribution in [2.24, 2.45) is 17.3 Å². The molecule has 5 nitrogen and oxygen atoms in total. The highest BCUT2D eigenvalue weighted by atomic mass is 16.5. The number of carbonyl (C=O) groups is 2. The van der Waals surface area contributed by atoms with Gasteiger partial charge < -0.3 is 14.5 Å². The van der Waals surface area contributed by atoms with Gasteiger partial charge in [0.05, 0.1) is 17.9 Å². The summed E-state index contributed by atoms with van der Waals surface area (Å²) in [6.07, 6.45) is 7.29. The van der Waals surface area contributed by atoms with E-state index in [4.69, 9.17) is 4.74 Å². The smallest absolute Gasteiger partial charge is 0.228 e. The largest absolute Gasteiger partial charge is 0.381 e. The molecule has 1 atom stereocenters. The highest BCUT2D eigenvalue weighted by Gasteiger charge is 2.47. The summed E-state index contributed by atoms with van der Waals surface area (Å²) in [5.74, 6) is 1.44. The van der Waals surface area contributed by atoms with Crippen molar-refractivity contribution in [3.8, 4) is 0 Å². The third kappa shape index (κ3) is 3.00. The molecule has 4 fully saturated rings. The van der Waals surface area contributed by atoms with E-state index in [-0.39, 0.29) is 17.2 Å². The zero-order valence-electron chi connectivity index (χ0n) is 14.0. The minimum absolute atomic E-state index is 0.0532. The van der Waals surface area contributed by atoms with E-state index in [1.165, 1.54) is 12.8 Å². The molecule has 2 amide bonds. The van der Waals surface area contributed by atoms with E-state index in [2.05, 4.69) is 4.90 Å². The molecule has 128 valence electrons. The molecule has 4 aliphatic rings. The first-order valence-electron chi connectivity index (χ1n) is 9.34. The topological polar surface area (TPSA) is 49.9 Å². The molecule has 0 aromatic rings. The van der Waals surface area contributed by atoms with Crippen LogP contribution in [0.25, 0.3) is 0 Å². The number of nitrogens with zero attached hydrogens (tertiary/aromatic N) is 2. The number of hydrogen-bond acceptors (Lipinski definition) is 3. The van der Waals surface area contributed by atoms with Gasteiger partial charge in [0.2, 0.25) is 11.8 Å². The molecule has 0 bridgehead atoms. The Hall–Kier alpha value is -1.10. The number of likely N-dealkylation sites (tertiary alicyclic amines) is 2. The second-order valence-electron chi connectivity index (χ2n) is 7.96. The molecule has 5 heteroatoms. The molecule has 3 saturated heterocycles. The van der Waals surface area contributed by atoms with Gasteiger partial charge in [-0.05, 0) is 50.9 Å². The van der Waals surface area contributed by atoms with Crippen LogP contribution in [0.5, 0.6) is 0 Å². The summed E-state index contributed by atoms with van der Waals surface area (Å²) in [5.41, 5.74) is -0.171. The molecule has 23 heavy (non-hydrogen) atoms. The van der Waals surface area contributed by atoms with E-state index in [9.17, 15) is 9.59 Å². The van der Waals surface area contributed by atoms with Gasteiger partial charge in [0.1, 0.15) is 0 Å². The highest BCUT2D eigenvalue weighted by molar-refractivity contribution is 5.84. The Labute approximate surface area is 138 Å². The van der Waals surface area contributed by atoms with Crippen molar-refractivity contribution in [2.45, 2.75) is 44.9 Å². The molecule has 1 saturated carbocycles. The standard InChI is InChI=1S/C18H28N2O3/c21-16(15-4-11-23-13-15)19-9-6-18(7-10-19)5-1-8-20(17(18)22)12-14-2-3-14/h14-15H,1-13H2. The maximum Gasteiger partial charge on any atom is 0.228 e. The summed E-state index contributed by atoms with van der Waals surface area (Å²) in [5, 5.41) is 0. The fourth-order valence-corrected chi connectivity index (χ4v) is 4.54. The van der Waals surface area contributed by atoms with Gasteiger partial charge in [-0.15, -0.1) is 0 Å². The first kappa shape index (κ1) is 15.4. The highest BCUT2D eigenvalue weighted by Crippen LogP contribution is 2.42. The predicted molar refractivity (Wildman–Crippen MR) is 85.7 cm³/mol. The number of amides is 2. The van der Waals surface area contributed by atoms with Crippen LogP contribution in [-0.4, -0.2) is 61.0 Å². The molecule has 0 aromatic heterocycles. The van der Waals surface area contributed by atoms with E-state index in [0.29, 0.717) is 19.1 Å². The van der Waals surface area contributed by atoms with E-state index < -0.39 is 0 Å². The molecule has 1 aliphatic carbocycles. The lowest BCUT2D eigenvalue weighted by Crippen LogP contribution is -2.55. The Morgan fingerprint density at radius 2 is 1.91 bits per heavy atom. The van der Waals surface area contributed by atoms with Crippen molar-refractivity contribution >= 4 is 11.8 Å². The van der Waals surface area contributed by atoms with Gasteiger partial charge >= 0.3 is 0 Å². The lowest BCUT2D eigenvalue weighted by atomic mass is 9.71. The molecule has 0 N–H and O–H groups in total. The molecule has 3 aliphatic heterocycles. The number of rotatable bonds is 3. The maximum absolute atomic E-state index is 13.0. The Balaban J connectivity index is 1.37. The van der Waals surface area contributed by atoms with Gasteiger partial charge in [0.25, 0.3) is 0 Å². The molecule has 3 heterocycles. The normalized spacial score (nSPS) is 31.0. The summed E-state index contributed by atoms with van der Waals surface area (Å²) < 4.78 is 5.34.